The van der Waals surface area contributed by atoms with Gasteiger partial charge < -0.3 is 19.7 Å². The van der Waals surface area contributed by atoms with Crippen molar-refractivity contribution < 1.29 is 19.1 Å². The number of carbonyl (C=O) groups is 2. The van der Waals surface area contributed by atoms with Gasteiger partial charge >= 0.3 is 0 Å². The molecule has 2 unspecified atom stereocenters. The molecule has 1 aromatic carbocycles. The molecule has 0 radical (unpaired) electrons. The second kappa shape index (κ2) is 10.9. The standard InChI is InChI=1S/C21H32N2O4/c1-4-26-14-6-13-22-21(25)18-9-11-19(12-10-18)27-15-20(24)23-16(2)7-5-8-17(23)3/h9-12,16-17H,4-8,13-15H2,1-3H3,(H,22,25). The van der Waals surface area contributed by atoms with Gasteiger partial charge in [0.1, 0.15) is 5.75 Å². The molecule has 0 spiro atoms. The topological polar surface area (TPSA) is 67.9 Å². The Kier molecular flexibility index (Phi) is 8.58. The molecule has 1 aromatic rings. The number of carbonyl (C=O) groups excluding carboxylic acids is 2. The van der Waals surface area contributed by atoms with Crippen LogP contribution in [0.2, 0.25) is 0 Å². The Morgan fingerprint density at radius 1 is 1.15 bits per heavy atom. The summed E-state index contributed by atoms with van der Waals surface area (Å²) in [5.74, 6) is 0.490. The number of nitrogens with zero attached hydrogens (tertiary/aromatic N) is 1. The number of hydrogen-bond donors (Lipinski definition) is 1. The van der Waals surface area contributed by atoms with Crippen LogP contribution in [0.4, 0.5) is 0 Å². The first-order valence-electron chi connectivity index (χ1n) is 9.93. The van der Waals surface area contributed by atoms with Gasteiger partial charge in [-0.2, -0.15) is 0 Å². The Hall–Kier alpha value is -2.08. The molecule has 1 aliphatic heterocycles. The van der Waals surface area contributed by atoms with Crippen LogP contribution in [0, 0.1) is 0 Å². The number of nitrogens with one attached hydrogen (secondary N) is 1. The van der Waals surface area contributed by atoms with Crippen molar-refractivity contribution in [2.24, 2.45) is 0 Å². The highest BCUT2D eigenvalue weighted by molar-refractivity contribution is 5.94. The number of ether oxygens (including phenoxy) is 2. The van der Waals surface area contributed by atoms with Crippen LogP contribution >= 0.6 is 0 Å². The lowest BCUT2D eigenvalue weighted by atomic mass is 9.97. The number of piperidine rings is 1. The van der Waals surface area contributed by atoms with E-state index in [1.165, 1.54) is 6.42 Å². The minimum atomic E-state index is -0.120. The van der Waals surface area contributed by atoms with E-state index in [9.17, 15) is 9.59 Å². The zero-order chi connectivity index (χ0) is 19.6. The van der Waals surface area contributed by atoms with E-state index >= 15 is 0 Å². The summed E-state index contributed by atoms with van der Waals surface area (Å²) in [5, 5.41) is 2.86. The van der Waals surface area contributed by atoms with E-state index in [0.29, 0.717) is 31.1 Å². The van der Waals surface area contributed by atoms with Crippen LogP contribution in [0.15, 0.2) is 24.3 Å². The van der Waals surface area contributed by atoms with Crippen LogP contribution in [0.1, 0.15) is 56.8 Å². The van der Waals surface area contributed by atoms with Gasteiger partial charge in [-0.15, -0.1) is 0 Å². The van der Waals surface area contributed by atoms with Crippen molar-refractivity contribution in [1.82, 2.24) is 10.2 Å². The normalized spacial score (nSPS) is 19.6. The SMILES string of the molecule is CCOCCCNC(=O)c1ccc(OCC(=O)N2C(C)CCCC2C)cc1. The quantitative estimate of drug-likeness (QED) is 0.673. The Balaban J connectivity index is 1.78. The third kappa shape index (κ3) is 6.54. The molecule has 6 heteroatoms. The van der Waals surface area contributed by atoms with E-state index in [0.717, 1.165) is 19.3 Å². The highest BCUT2D eigenvalue weighted by atomic mass is 16.5. The molecule has 0 saturated carbocycles. The maximum Gasteiger partial charge on any atom is 0.260 e. The molecular weight excluding hydrogens is 344 g/mol. The highest BCUT2D eigenvalue weighted by Gasteiger charge is 2.28. The zero-order valence-corrected chi connectivity index (χ0v) is 16.7. The number of benzene rings is 1. The van der Waals surface area contributed by atoms with E-state index in [2.05, 4.69) is 19.2 Å². The molecule has 6 nitrogen and oxygen atoms in total. The first kappa shape index (κ1) is 21.2. The molecule has 1 heterocycles. The van der Waals surface area contributed by atoms with Gasteiger partial charge in [-0.25, -0.2) is 0 Å². The maximum atomic E-state index is 12.5. The smallest absolute Gasteiger partial charge is 0.260 e. The number of amides is 2. The van der Waals surface area contributed by atoms with E-state index < -0.39 is 0 Å². The summed E-state index contributed by atoms with van der Waals surface area (Å²) >= 11 is 0. The third-order valence-corrected chi connectivity index (χ3v) is 4.92. The van der Waals surface area contributed by atoms with Gasteiger partial charge in [0.15, 0.2) is 6.61 Å². The van der Waals surface area contributed by atoms with Crippen molar-refractivity contribution in [3.05, 3.63) is 29.8 Å². The van der Waals surface area contributed by atoms with Crippen molar-refractivity contribution in [1.29, 1.82) is 0 Å². The minimum Gasteiger partial charge on any atom is -0.484 e. The molecule has 1 aliphatic rings. The molecule has 2 amide bonds. The first-order valence-corrected chi connectivity index (χ1v) is 9.93. The van der Waals surface area contributed by atoms with Gasteiger partial charge in [0.2, 0.25) is 0 Å². The van der Waals surface area contributed by atoms with Crippen molar-refractivity contribution in [3.8, 4) is 5.75 Å². The first-order chi connectivity index (χ1) is 13.0. The largest absolute Gasteiger partial charge is 0.484 e. The monoisotopic (exact) mass is 376 g/mol. The molecule has 2 rings (SSSR count). The fourth-order valence-electron chi connectivity index (χ4n) is 3.46. The van der Waals surface area contributed by atoms with Gasteiger partial charge in [-0.3, -0.25) is 9.59 Å². The molecule has 1 N–H and O–H groups in total. The lowest BCUT2D eigenvalue weighted by molar-refractivity contribution is -0.139. The van der Waals surface area contributed by atoms with Gasteiger partial charge in [0, 0.05) is 37.4 Å². The summed E-state index contributed by atoms with van der Waals surface area (Å²) in [6.45, 7) is 8.07. The summed E-state index contributed by atoms with van der Waals surface area (Å²) in [5.41, 5.74) is 0.573. The van der Waals surface area contributed by atoms with Crippen LogP contribution in [0.5, 0.6) is 5.75 Å². The highest BCUT2D eigenvalue weighted by Crippen LogP contribution is 2.23. The number of hydrogen-bond acceptors (Lipinski definition) is 4. The third-order valence-electron chi connectivity index (χ3n) is 4.92. The van der Waals surface area contributed by atoms with Gasteiger partial charge in [0.25, 0.3) is 11.8 Å². The van der Waals surface area contributed by atoms with Crippen LogP contribution in [-0.4, -0.2) is 55.2 Å². The predicted octanol–water partition coefficient (Wildman–Crippen LogP) is 3.01. The fraction of sp³-hybridized carbons (Fsp3) is 0.619. The molecule has 27 heavy (non-hydrogen) atoms. The van der Waals surface area contributed by atoms with Crippen molar-refractivity contribution >= 4 is 11.8 Å². The average molecular weight is 376 g/mol. The lowest BCUT2D eigenvalue weighted by Crippen LogP contribution is -2.49. The molecule has 0 bridgehead atoms. The average Bonchev–Trinajstić information content (AvgIpc) is 2.66. The van der Waals surface area contributed by atoms with E-state index in [1.54, 1.807) is 24.3 Å². The second-order valence-corrected chi connectivity index (χ2v) is 7.05. The Morgan fingerprint density at radius 3 is 2.44 bits per heavy atom. The van der Waals surface area contributed by atoms with Crippen LogP contribution in [-0.2, 0) is 9.53 Å². The molecular formula is C21H32N2O4. The Bertz CT molecular complexity index is 593. The van der Waals surface area contributed by atoms with Crippen molar-refractivity contribution in [3.63, 3.8) is 0 Å². The van der Waals surface area contributed by atoms with Crippen molar-refractivity contribution in [2.75, 3.05) is 26.4 Å². The number of rotatable bonds is 9. The summed E-state index contributed by atoms with van der Waals surface area (Å²) < 4.78 is 10.9. The molecule has 0 aliphatic carbocycles. The molecule has 0 aromatic heterocycles. The molecule has 1 saturated heterocycles. The minimum absolute atomic E-state index is 0.0193. The van der Waals surface area contributed by atoms with Crippen LogP contribution < -0.4 is 10.1 Å². The van der Waals surface area contributed by atoms with E-state index in [1.807, 2.05) is 11.8 Å². The summed E-state index contributed by atoms with van der Waals surface area (Å²) in [7, 11) is 0. The molecule has 1 fully saturated rings. The second-order valence-electron chi connectivity index (χ2n) is 7.05. The zero-order valence-electron chi connectivity index (χ0n) is 16.7. The Labute approximate surface area is 162 Å². The van der Waals surface area contributed by atoms with Crippen LogP contribution in [0.25, 0.3) is 0 Å². The van der Waals surface area contributed by atoms with Crippen molar-refractivity contribution in [2.45, 2.75) is 58.5 Å². The fourth-order valence-corrected chi connectivity index (χ4v) is 3.46. The number of likely N-dealkylation sites (tertiary alicyclic amines) is 1. The van der Waals surface area contributed by atoms with Gasteiger partial charge in [-0.1, -0.05) is 0 Å². The summed E-state index contributed by atoms with van der Waals surface area (Å²) in [6.07, 6.45) is 4.05. The molecule has 2 atom stereocenters. The summed E-state index contributed by atoms with van der Waals surface area (Å²) in [6, 6.07) is 7.40. The van der Waals surface area contributed by atoms with E-state index in [4.69, 9.17) is 9.47 Å². The summed E-state index contributed by atoms with van der Waals surface area (Å²) in [4.78, 5) is 26.5. The lowest BCUT2D eigenvalue weighted by Gasteiger charge is -2.38. The molecule has 150 valence electrons. The maximum absolute atomic E-state index is 12.5. The Morgan fingerprint density at radius 2 is 1.81 bits per heavy atom. The van der Waals surface area contributed by atoms with E-state index in [-0.39, 0.29) is 30.5 Å². The van der Waals surface area contributed by atoms with Gasteiger partial charge in [-0.05, 0) is 70.7 Å². The van der Waals surface area contributed by atoms with Crippen LogP contribution in [0.3, 0.4) is 0 Å². The van der Waals surface area contributed by atoms with Gasteiger partial charge in [0.05, 0.1) is 0 Å². The predicted molar refractivity (Wildman–Crippen MR) is 105 cm³/mol.